The van der Waals surface area contributed by atoms with Gasteiger partial charge in [0.25, 0.3) is 0 Å². The maximum absolute atomic E-state index is 10.3. The Morgan fingerprint density at radius 3 is 3.25 bits per heavy atom. The third-order valence-corrected chi connectivity index (χ3v) is 1.02. The van der Waals surface area contributed by atoms with E-state index < -0.39 is 6.09 Å². The van der Waals surface area contributed by atoms with E-state index in [-0.39, 0.29) is 0 Å². The topological polar surface area (TPSA) is 40.4 Å². The van der Waals surface area contributed by atoms with Crippen molar-refractivity contribution in [2.24, 2.45) is 0 Å². The predicted molar refractivity (Wildman–Crippen MR) is 27.6 cm³/mol. The van der Waals surface area contributed by atoms with E-state index in [0.29, 0.717) is 13.2 Å². The van der Waals surface area contributed by atoms with E-state index in [2.05, 4.69) is 10.1 Å². The maximum Gasteiger partial charge on any atom is 0.428 e. The van der Waals surface area contributed by atoms with Crippen molar-refractivity contribution in [2.45, 2.75) is 12.8 Å². The van der Waals surface area contributed by atoms with Gasteiger partial charge < -0.3 is 4.74 Å². The molecule has 0 unspecified atom stereocenters. The standard InChI is InChI=1S/C5H8NO2/c7-5-6-3-1-2-4-8-5/h1-4H2. The van der Waals surface area contributed by atoms with Crippen LogP contribution in [0, 0.1) is 0 Å². The molecule has 8 heavy (non-hydrogen) atoms. The quantitative estimate of drug-likeness (QED) is 0.460. The first-order chi connectivity index (χ1) is 3.89. The molecule has 0 saturated carbocycles. The monoisotopic (exact) mass is 114 g/mol. The number of hydrogen-bond donors (Lipinski definition) is 0. The van der Waals surface area contributed by atoms with Crippen LogP contribution in [0.2, 0.25) is 0 Å². The molecule has 1 aliphatic heterocycles. The van der Waals surface area contributed by atoms with Crippen molar-refractivity contribution in [1.29, 1.82) is 0 Å². The molecule has 0 aromatic rings. The van der Waals surface area contributed by atoms with Crippen LogP contribution in [0.15, 0.2) is 0 Å². The Hall–Kier alpha value is -0.730. The highest BCUT2D eigenvalue weighted by molar-refractivity contribution is 5.66. The number of rotatable bonds is 0. The highest BCUT2D eigenvalue weighted by Crippen LogP contribution is 1.95. The van der Waals surface area contributed by atoms with E-state index in [0.717, 1.165) is 12.8 Å². The van der Waals surface area contributed by atoms with Crippen molar-refractivity contribution < 1.29 is 9.53 Å². The van der Waals surface area contributed by atoms with Gasteiger partial charge in [0.15, 0.2) is 0 Å². The van der Waals surface area contributed by atoms with Crippen LogP contribution in [0.4, 0.5) is 4.79 Å². The SMILES string of the molecule is O=C1[N]CCCCO1. The van der Waals surface area contributed by atoms with Crippen LogP contribution in [-0.2, 0) is 4.74 Å². The molecule has 0 aliphatic carbocycles. The van der Waals surface area contributed by atoms with Gasteiger partial charge in [0.2, 0.25) is 0 Å². The molecule has 1 saturated heterocycles. The maximum atomic E-state index is 10.3. The fourth-order valence-corrected chi connectivity index (χ4v) is 0.589. The highest BCUT2D eigenvalue weighted by Gasteiger charge is 2.06. The van der Waals surface area contributed by atoms with Crippen molar-refractivity contribution in [2.75, 3.05) is 13.2 Å². The molecule has 1 amide bonds. The van der Waals surface area contributed by atoms with Gasteiger partial charge in [0.05, 0.1) is 6.61 Å². The lowest BCUT2D eigenvalue weighted by molar-refractivity contribution is 0.152. The Morgan fingerprint density at radius 1 is 1.50 bits per heavy atom. The summed E-state index contributed by atoms with van der Waals surface area (Å²) in [6, 6.07) is 0. The summed E-state index contributed by atoms with van der Waals surface area (Å²) in [5, 5.41) is 3.56. The predicted octanol–water partition coefficient (Wildman–Crippen LogP) is 0.521. The zero-order chi connectivity index (χ0) is 5.82. The molecule has 3 nitrogen and oxygen atoms in total. The van der Waals surface area contributed by atoms with E-state index in [9.17, 15) is 4.79 Å². The Kier molecular flexibility index (Phi) is 1.72. The van der Waals surface area contributed by atoms with Gasteiger partial charge >= 0.3 is 6.09 Å². The summed E-state index contributed by atoms with van der Waals surface area (Å²) in [6.45, 7) is 1.18. The first kappa shape index (κ1) is 5.41. The lowest BCUT2D eigenvalue weighted by atomic mass is 10.3. The molecule has 1 heterocycles. The largest absolute Gasteiger partial charge is 0.448 e. The minimum absolute atomic E-state index is 0.400. The number of ether oxygens (including phenoxy) is 1. The van der Waals surface area contributed by atoms with Gasteiger partial charge in [0.1, 0.15) is 0 Å². The van der Waals surface area contributed by atoms with Crippen LogP contribution in [0.25, 0.3) is 0 Å². The second kappa shape index (κ2) is 2.55. The average molecular weight is 114 g/mol. The van der Waals surface area contributed by atoms with Crippen LogP contribution >= 0.6 is 0 Å². The number of carbonyl (C=O) groups excluding carboxylic acids is 1. The summed E-state index contributed by atoms with van der Waals surface area (Å²) >= 11 is 0. The fraction of sp³-hybridized carbons (Fsp3) is 0.800. The van der Waals surface area contributed by atoms with Gasteiger partial charge in [-0.2, -0.15) is 0 Å². The molecule has 0 bridgehead atoms. The summed E-state index contributed by atoms with van der Waals surface area (Å²) < 4.78 is 4.60. The van der Waals surface area contributed by atoms with E-state index in [1.807, 2.05) is 0 Å². The summed E-state index contributed by atoms with van der Waals surface area (Å²) in [4.78, 5) is 10.3. The highest BCUT2D eigenvalue weighted by atomic mass is 16.5. The fourth-order valence-electron chi connectivity index (χ4n) is 0.589. The van der Waals surface area contributed by atoms with Gasteiger partial charge in [0, 0.05) is 6.54 Å². The summed E-state index contributed by atoms with van der Waals surface area (Å²) in [5.41, 5.74) is 0. The minimum Gasteiger partial charge on any atom is -0.448 e. The second-order valence-corrected chi connectivity index (χ2v) is 1.70. The molecule has 1 fully saturated rings. The van der Waals surface area contributed by atoms with E-state index >= 15 is 0 Å². The molecular formula is C5H8NO2. The normalized spacial score (nSPS) is 20.8. The Labute approximate surface area is 48.0 Å². The molecule has 45 valence electrons. The summed E-state index contributed by atoms with van der Waals surface area (Å²) in [5.74, 6) is 0. The second-order valence-electron chi connectivity index (χ2n) is 1.70. The number of amides is 1. The third-order valence-electron chi connectivity index (χ3n) is 1.02. The Morgan fingerprint density at radius 2 is 2.38 bits per heavy atom. The smallest absolute Gasteiger partial charge is 0.428 e. The zero-order valence-corrected chi connectivity index (χ0v) is 4.59. The molecule has 0 N–H and O–H groups in total. The van der Waals surface area contributed by atoms with Gasteiger partial charge in [-0.3, -0.25) is 0 Å². The van der Waals surface area contributed by atoms with Gasteiger partial charge in [-0.25, -0.2) is 10.1 Å². The summed E-state index contributed by atoms with van der Waals surface area (Å²) in [6.07, 6.45) is 1.53. The van der Waals surface area contributed by atoms with Gasteiger partial charge in [-0.05, 0) is 12.8 Å². The van der Waals surface area contributed by atoms with Gasteiger partial charge in [-0.1, -0.05) is 0 Å². The minimum atomic E-state index is -0.400. The van der Waals surface area contributed by atoms with Crippen molar-refractivity contribution in [3.8, 4) is 0 Å². The molecule has 1 aliphatic rings. The summed E-state index contributed by atoms with van der Waals surface area (Å²) in [7, 11) is 0. The molecule has 0 aromatic heterocycles. The number of nitrogens with zero attached hydrogens (tertiary/aromatic N) is 1. The first-order valence-electron chi connectivity index (χ1n) is 2.74. The molecule has 1 rings (SSSR count). The van der Waals surface area contributed by atoms with E-state index in [1.165, 1.54) is 0 Å². The van der Waals surface area contributed by atoms with Crippen molar-refractivity contribution in [3.63, 3.8) is 0 Å². The molecule has 3 heteroatoms. The van der Waals surface area contributed by atoms with Crippen molar-refractivity contribution in [1.82, 2.24) is 5.32 Å². The van der Waals surface area contributed by atoms with Crippen LogP contribution in [-0.4, -0.2) is 19.2 Å². The zero-order valence-electron chi connectivity index (χ0n) is 4.59. The molecular weight excluding hydrogens is 106 g/mol. The number of hydrogen-bond acceptors (Lipinski definition) is 2. The first-order valence-corrected chi connectivity index (χ1v) is 2.74. The third kappa shape index (κ3) is 1.40. The van der Waals surface area contributed by atoms with Gasteiger partial charge in [-0.15, -0.1) is 0 Å². The number of carbonyl (C=O) groups is 1. The van der Waals surface area contributed by atoms with Crippen molar-refractivity contribution in [3.05, 3.63) is 0 Å². The van der Waals surface area contributed by atoms with Crippen LogP contribution < -0.4 is 5.32 Å². The Balaban J connectivity index is 2.27. The van der Waals surface area contributed by atoms with Crippen molar-refractivity contribution >= 4 is 6.09 Å². The van der Waals surface area contributed by atoms with Crippen LogP contribution in [0.3, 0.4) is 0 Å². The van der Waals surface area contributed by atoms with E-state index in [4.69, 9.17) is 0 Å². The lowest BCUT2D eigenvalue weighted by Crippen LogP contribution is -2.13. The molecule has 0 spiro atoms. The molecule has 0 atom stereocenters. The lowest BCUT2D eigenvalue weighted by Gasteiger charge is -1.93. The van der Waals surface area contributed by atoms with E-state index in [1.54, 1.807) is 0 Å². The Bertz CT molecular complexity index is 82.4. The van der Waals surface area contributed by atoms with Crippen LogP contribution in [0.1, 0.15) is 12.8 Å². The van der Waals surface area contributed by atoms with Crippen LogP contribution in [0.5, 0.6) is 0 Å². The number of cyclic esters (lactones) is 1. The molecule has 0 aromatic carbocycles. The molecule has 1 radical (unpaired) electrons. The average Bonchev–Trinajstić information content (AvgIpc) is 1.94.